The minimum atomic E-state index is -0.564. The molecule has 0 aromatic heterocycles. The van der Waals surface area contributed by atoms with Crippen molar-refractivity contribution in [2.45, 2.75) is 13.0 Å². The standard InChI is InChI=1S/C17H15FN2O2/c18-15-7-9-16(10-8-15)20(12-4-11-19)17(21)22-13-14-5-2-1-3-6-14/h1-3,5-10H,4,12-13H2. The average molecular weight is 298 g/mol. The highest BCUT2D eigenvalue weighted by Crippen LogP contribution is 2.17. The lowest BCUT2D eigenvalue weighted by molar-refractivity contribution is 0.147. The van der Waals surface area contributed by atoms with Crippen LogP contribution in [-0.4, -0.2) is 12.6 Å². The van der Waals surface area contributed by atoms with Crippen LogP contribution in [0.3, 0.4) is 0 Å². The fourth-order valence-corrected chi connectivity index (χ4v) is 1.91. The van der Waals surface area contributed by atoms with E-state index in [4.69, 9.17) is 10.00 Å². The van der Waals surface area contributed by atoms with E-state index in [1.165, 1.54) is 29.2 Å². The molecule has 0 aliphatic heterocycles. The molecule has 0 radical (unpaired) electrons. The highest BCUT2D eigenvalue weighted by atomic mass is 19.1. The molecule has 2 rings (SSSR count). The first-order valence-electron chi connectivity index (χ1n) is 6.81. The van der Waals surface area contributed by atoms with Gasteiger partial charge in [-0.2, -0.15) is 5.26 Å². The topological polar surface area (TPSA) is 53.3 Å². The number of halogens is 1. The molecular weight excluding hydrogens is 283 g/mol. The summed E-state index contributed by atoms with van der Waals surface area (Å²) in [5.74, 6) is -0.387. The fourth-order valence-electron chi connectivity index (χ4n) is 1.91. The zero-order chi connectivity index (χ0) is 15.8. The maximum Gasteiger partial charge on any atom is 0.414 e. The molecule has 0 N–H and O–H groups in total. The van der Waals surface area contributed by atoms with Gasteiger partial charge in [0, 0.05) is 12.2 Å². The van der Waals surface area contributed by atoms with Gasteiger partial charge >= 0.3 is 6.09 Å². The van der Waals surface area contributed by atoms with Crippen molar-refractivity contribution < 1.29 is 13.9 Å². The van der Waals surface area contributed by atoms with Crippen molar-refractivity contribution in [3.63, 3.8) is 0 Å². The summed E-state index contributed by atoms with van der Waals surface area (Å²) in [5.41, 5.74) is 1.37. The molecule has 4 nitrogen and oxygen atoms in total. The van der Waals surface area contributed by atoms with Crippen molar-refractivity contribution >= 4 is 11.8 Å². The van der Waals surface area contributed by atoms with Gasteiger partial charge in [0.15, 0.2) is 0 Å². The molecule has 0 spiro atoms. The van der Waals surface area contributed by atoms with E-state index >= 15 is 0 Å². The van der Waals surface area contributed by atoms with Gasteiger partial charge in [0.25, 0.3) is 0 Å². The molecule has 112 valence electrons. The summed E-state index contributed by atoms with van der Waals surface area (Å²) in [6, 6.07) is 16.8. The Morgan fingerprint density at radius 2 is 1.82 bits per heavy atom. The molecule has 1 amide bonds. The Morgan fingerprint density at radius 1 is 1.14 bits per heavy atom. The van der Waals surface area contributed by atoms with E-state index < -0.39 is 6.09 Å². The highest BCUT2D eigenvalue weighted by molar-refractivity contribution is 5.87. The van der Waals surface area contributed by atoms with E-state index in [0.29, 0.717) is 5.69 Å². The van der Waals surface area contributed by atoms with Crippen LogP contribution in [-0.2, 0) is 11.3 Å². The number of nitrogens with zero attached hydrogens (tertiary/aromatic N) is 2. The van der Waals surface area contributed by atoms with Crippen LogP contribution in [0.15, 0.2) is 54.6 Å². The number of ether oxygens (including phenoxy) is 1. The van der Waals surface area contributed by atoms with Gasteiger partial charge in [0.1, 0.15) is 12.4 Å². The van der Waals surface area contributed by atoms with E-state index in [1.54, 1.807) is 0 Å². The van der Waals surface area contributed by atoms with Gasteiger partial charge < -0.3 is 4.74 Å². The Labute approximate surface area is 128 Å². The molecule has 0 saturated carbocycles. The number of hydrogen-bond acceptors (Lipinski definition) is 3. The van der Waals surface area contributed by atoms with Crippen molar-refractivity contribution in [2.75, 3.05) is 11.4 Å². The molecule has 0 aliphatic rings. The van der Waals surface area contributed by atoms with Crippen LogP contribution < -0.4 is 4.90 Å². The van der Waals surface area contributed by atoms with E-state index in [1.807, 2.05) is 36.4 Å². The number of benzene rings is 2. The molecule has 2 aromatic carbocycles. The lowest BCUT2D eigenvalue weighted by atomic mass is 10.2. The fraction of sp³-hybridized carbons (Fsp3) is 0.176. The Kier molecular flexibility index (Phi) is 5.50. The molecule has 5 heteroatoms. The van der Waals surface area contributed by atoms with E-state index in [2.05, 4.69) is 0 Å². The number of hydrogen-bond donors (Lipinski definition) is 0. The third kappa shape index (κ3) is 4.32. The van der Waals surface area contributed by atoms with Gasteiger partial charge in [-0.1, -0.05) is 30.3 Å². The number of amides is 1. The van der Waals surface area contributed by atoms with Crippen molar-refractivity contribution in [1.82, 2.24) is 0 Å². The van der Waals surface area contributed by atoms with Crippen molar-refractivity contribution in [1.29, 1.82) is 5.26 Å². The molecule has 22 heavy (non-hydrogen) atoms. The lowest BCUT2D eigenvalue weighted by Gasteiger charge is -2.21. The molecule has 0 unspecified atom stereocenters. The van der Waals surface area contributed by atoms with Crippen LogP contribution >= 0.6 is 0 Å². The quantitative estimate of drug-likeness (QED) is 0.841. The number of carbonyl (C=O) groups excluding carboxylic acids is 1. The molecule has 0 saturated heterocycles. The normalized spacial score (nSPS) is 9.82. The van der Waals surface area contributed by atoms with Crippen LogP contribution in [0.4, 0.5) is 14.9 Å². The van der Waals surface area contributed by atoms with Crippen molar-refractivity contribution in [3.8, 4) is 6.07 Å². The number of nitriles is 1. The molecule has 0 aliphatic carbocycles. The first kappa shape index (κ1) is 15.5. The van der Waals surface area contributed by atoms with Gasteiger partial charge in [0.2, 0.25) is 0 Å². The summed E-state index contributed by atoms with van der Waals surface area (Å²) in [6.07, 6.45) is -0.400. The minimum Gasteiger partial charge on any atom is -0.444 e. The Hall–Kier alpha value is -2.87. The largest absolute Gasteiger partial charge is 0.444 e. The van der Waals surface area contributed by atoms with Gasteiger partial charge in [-0.25, -0.2) is 9.18 Å². The summed E-state index contributed by atoms with van der Waals surface area (Å²) in [6.45, 7) is 0.333. The lowest BCUT2D eigenvalue weighted by Crippen LogP contribution is -2.32. The smallest absolute Gasteiger partial charge is 0.414 e. The first-order chi connectivity index (χ1) is 10.7. The number of anilines is 1. The Morgan fingerprint density at radius 3 is 2.45 bits per heavy atom. The summed E-state index contributed by atoms with van der Waals surface area (Å²) < 4.78 is 18.2. The van der Waals surface area contributed by atoms with E-state index in [-0.39, 0.29) is 25.4 Å². The molecule has 0 bridgehead atoms. The second kappa shape index (κ2) is 7.79. The Balaban J connectivity index is 2.06. The molecule has 0 fully saturated rings. The third-order valence-corrected chi connectivity index (χ3v) is 3.01. The zero-order valence-electron chi connectivity index (χ0n) is 11.9. The maximum atomic E-state index is 13.0. The second-order valence-corrected chi connectivity index (χ2v) is 4.58. The second-order valence-electron chi connectivity index (χ2n) is 4.58. The van der Waals surface area contributed by atoms with Crippen molar-refractivity contribution in [2.24, 2.45) is 0 Å². The van der Waals surface area contributed by atoms with Gasteiger partial charge in [-0.15, -0.1) is 0 Å². The third-order valence-electron chi connectivity index (χ3n) is 3.01. The summed E-state index contributed by atoms with van der Waals surface area (Å²) in [5, 5.41) is 8.71. The van der Waals surface area contributed by atoms with Crippen LogP contribution in [0.1, 0.15) is 12.0 Å². The highest BCUT2D eigenvalue weighted by Gasteiger charge is 2.17. The van der Waals surface area contributed by atoms with Crippen LogP contribution in [0.5, 0.6) is 0 Å². The molecule has 2 aromatic rings. The molecule has 0 atom stereocenters. The minimum absolute atomic E-state index is 0.143. The Bertz CT molecular complexity index is 651. The number of carbonyl (C=O) groups is 1. The zero-order valence-corrected chi connectivity index (χ0v) is 11.9. The monoisotopic (exact) mass is 298 g/mol. The van der Waals surface area contributed by atoms with Crippen LogP contribution in [0.25, 0.3) is 0 Å². The van der Waals surface area contributed by atoms with Gasteiger partial charge in [-0.3, -0.25) is 4.90 Å². The van der Waals surface area contributed by atoms with Gasteiger partial charge in [-0.05, 0) is 29.8 Å². The van der Waals surface area contributed by atoms with Crippen molar-refractivity contribution in [3.05, 3.63) is 66.0 Å². The first-order valence-corrected chi connectivity index (χ1v) is 6.81. The summed E-state index contributed by atoms with van der Waals surface area (Å²) in [4.78, 5) is 13.5. The summed E-state index contributed by atoms with van der Waals surface area (Å²) in [7, 11) is 0. The van der Waals surface area contributed by atoms with Crippen LogP contribution in [0, 0.1) is 17.1 Å². The molecule has 0 heterocycles. The SMILES string of the molecule is N#CCCN(C(=O)OCc1ccccc1)c1ccc(F)cc1. The van der Waals surface area contributed by atoms with Crippen LogP contribution in [0.2, 0.25) is 0 Å². The maximum absolute atomic E-state index is 13.0. The predicted molar refractivity (Wildman–Crippen MR) is 80.6 cm³/mol. The van der Waals surface area contributed by atoms with Gasteiger partial charge in [0.05, 0.1) is 12.5 Å². The molecular formula is C17H15FN2O2. The van der Waals surface area contributed by atoms with E-state index in [9.17, 15) is 9.18 Å². The van der Waals surface area contributed by atoms with E-state index in [0.717, 1.165) is 5.56 Å². The predicted octanol–water partition coefficient (Wildman–Crippen LogP) is 3.88. The average Bonchev–Trinajstić information content (AvgIpc) is 2.56. The summed E-state index contributed by atoms with van der Waals surface area (Å²) >= 11 is 0. The number of rotatable bonds is 5.